The second-order valence-corrected chi connectivity index (χ2v) is 8.35. The standard InChI is InChI=1S/C25H22F6N2O3/c26-24(27,28)18-11-15(12-19(14-18)25(29,30)31)10-17-6-5-16-13-20(7-8-21(16)23(17)36)33-32-9-3-1-2-4-22(34)35/h7-8,10-14H,1-6,9H2,(H,34,35)/b17-10+,33-32+. The number of hydrogen-bond donors (Lipinski definition) is 1. The number of halogens is 6. The molecule has 0 aromatic heterocycles. The van der Waals surface area contributed by atoms with Crippen molar-refractivity contribution in [2.75, 3.05) is 6.54 Å². The SMILES string of the molecule is O=C(O)CCCCC/N=N/c1ccc2c(c1)CC/C(=C\c1cc(C(F)(F)F)cc(C(F)(F)F)c1)C2=O. The first-order valence-corrected chi connectivity index (χ1v) is 11.1. The van der Waals surface area contributed by atoms with Crippen LogP contribution in [0.15, 0.2) is 52.2 Å². The Kier molecular flexibility index (Phi) is 8.31. The first-order valence-electron chi connectivity index (χ1n) is 11.1. The van der Waals surface area contributed by atoms with Gasteiger partial charge < -0.3 is 5.11 Å². The van der Waals surface area contributed by atoms with Gasteiger partial charge in [0, 0.05) is 17.6 Å². The van der Waals surface area contributed by atoms with Crippen molar-refractivity contribution in [1.29, 1.82) is 0 Å². The summed E-state index contributed by atoms with van der Waals surface area (Å²) in [5.74, 6) is -1.32. The molecular formula is C25H22F6N2O3. The third kappa shape index (κ3) is 7.25. The summed E-state index contributed by atoms with van der Waals surface area (Å²) in [4.78, 5) is 23.4. The molecular weight excluding hydrogens is 490 g/mol. The number of nitrogens with zero attached hydrogens (tertiary/aromatic N) is 2. The first kappa shape index (κ1) is 27.1. The molecule has 0 bridgehead atoms. The van der Waals surface area contributed by atoms with Crippen molar-refractivity contribution in [3.63, 3.8) is 0 Å². The highest BCUT2D eigenvalue weighted by atomic mass is 19.4. The van der Waals surface area contributed by atoms with Crippen LogP contribution in [0.3, 0.4) is 0 Å². The van der Waals surface area contributed by atoms with Crippen molar-refractivity contribution in [2.24, 2.45) is 10.2 Å². The van der Waals surface area contributed by atoms with Gasteiger partial charge in [-0.2, -0.15) is 36.6 Å². The minimum absolute atomic E-state index is 0.0478. The molecule has 0 aliphatic heterocycles. The van der Waals surface area contributed by atoms with Crippen LogP contribution in [-0.4, -0.2) is 23.4 Å². The number of azo groups is 1. The molecule has 0 spiro atoms. The molecule has 2 aromatic rings. The zero-order valence-electron chi connectivity index (χ0n) is 18.9. The molecule has 1 N–H and O–H groups in total. The lowest BCUT2D eigenvalue weighted by atomic mass is 9.85. The van der Waals surface area contributed by atoms with Crippen molar-refractivity contribution >= 4 is 23.5 Å². The van der Waals surface area contributed by atoms with Crippen LogP contribution in [-0.2, 0) is 23.6 Å². The van der Waals surface area contributed by atoms with E-state index in [2.05, 4.69) is 10.2 Å². The third-order valence-corrected chi connectivity index (χ3v) is 5.57. The molecule has 0 saturated heterocycles. The van der Waals surface area contributed by atoms with Crippen LogP contribution in [0.2, 0.25) is 0 Å². The highest BCUT2D eigenvalue weighted by molar-refractivity contribution is 6.13. The smallest absolute Gasteiger partial charge is 0.416 e. The summed E-state index contributed by atoms with van der Waals surface area (Å²) < 4.78 is 78.8. The van der Waals surface area contributed by atoms with E-state index in [0.717, 1.165) is 6.08 Å². The van der Waals surface area contributed by atoms with Crippen LogP contribution in [0.4, 0.5) is 32.0 Å². The van der Waals surface area contributed by atoms with Gasteiger partial charge in [-0.3, -0.25) is 9.59 Å². The number of carboxylic acids is 1. The molecule has 0 atom stereocenters. The molecule has 11 heteroatoms. The van der Waals surface area contributed by atoms with Gasteiger partial charge in [-0.25, -0.2) is 0 Å². The summed E-state index contributed by atoms with van der Waals surface area (Å²) >= 11 is 0. The maximum atomic E-state index is 13.1. The number of aryl methyl sites for hydroxylation is 1. The van der Waals surface area contributed by atoms with Gasteiger partial charge >= 0.3 is 18.3 Å². The third-order valence-electron chi connectivity index (χ3n) is 5.57. The number of allylic oxidation sites excluding steroid dienone is 1. The number of benzene rings is 2. The van der Waals surface area contributed by atoms with Crippen LogP contribution in [0, 0.1) is 0 Å². The Labute approximate surface area is 202 Å². The predicted octanol–water partition coefficient (Wildman–Crippen LogP) is 7.67. The Hall–Kier alpha value is -3.50. The van der Waals surface area contributed by atoms with E-state index in [-0.39, 0.29) is 30.0 Å². The molecule has 0 fully saturated rings. The zero-order chi connectivity index (χ0) is 26.5. The van der Waals surface area contributed by atoms with Gasteiger partial charge in [-0.05, 0) is 79.3 Å². The number of rotatable bonds is 8. The Morgan fingerprint density at radius 1 is 0.917 bits per heavy atom. The normalized spacial score (nSPS) is 15.5. The van der Waals surface area contributed by atoms with Crippen molar-refractivity contribution in [2.45, 2.75) is 50.9 Å². The van der Waals surface area contributed by atoms with Crippen molar-refractivity contribution in [3.8, 4) is 0 Å². The van der Waals surface area contributed by atoms with Crippen LogP contribution in [0.5, 0.6) is 0 Å². The average Bonchev–Trinajstić information content (AvgIpc) is 2.79. The van der Waals surface area contributed by atoms with Crippen molar-refractivity contribution in [1.82, 2.24) is 0 Å². The summed E-state index contributed by atoms with van der Waals surface area (Å²) in [5.41, 5.74) is -1.64. The van der Waals surface area contributed by atoms with E-state index < -0.39 is 35.2 Å². The number of alkyl halides is 6. The van der Waals surface area contributed by atoms with Gasteiger partial charge in [0.2, 0.25) is 0 Å². The van der Waals surface area contributed by atoms with E-state index in [0.29, 0.717) is 61.2 Å². The van der Waals surface area contributed by atoms with E-state index in [9.17, 15) is 35.9 Å². The number of unbranched alkanes of at least 4 members (excludes halogenated alkanes) is 2. The molecule has 1 aliphatic rings. The number of fused-ring (bicyclic) bond motifs is 1. The van der Waals surface area contributed by atoms with Crippen LogP contribution in [0.1, 0.15) is 64.7 Å². The number of Topliss-reactive ketones (excluding diaryl/α,β-unsaturated/α-hetero) is 1. The summed E-state index contributed by atoms with van der Waals surface area (Å²) in [6.07, 6.45) is -6.32. The van der Waals surface area contributed by atoms with Crippen molar-refractivity contribution < 1.29 is 41.0 Å². The lowest BCUT2D eigenvalue weighted by Gasteiger charge is -2.18. The number of aliphatic carboxylic acids is 1. The number of hydrogen-bond acceptors (Lipinski definition) is 4. The number of carbonyl (C=O) groups excluding carboxylic acids is 1. The van der Waals surface area contributed by atoms with Gasteiger partial charge in [0.25, 0.3) is 0 Å². The molecule has 0 amide bonds. The molecule has 5 nitrogen and oxygen atoms in total. The average molecular weight is 512 g/mol. The van der Waals surface area contributed by atoms with Gasteiger partial charge in [0.15, 0.2) is 5.78 Å². The van der Waals surface area contributed by atoms with E-state index in [4.69, 9.17) is 5.11 Å². The lowest BCUT2D eigenvalue weighted by molar-refractivity contribution is -0.143. The van der Waals surface area contributed by atoms with E-state index in [1.165, 1.54) is 6.07 Å². The summed E-state index contributed by atoms with van der Waals surface area (Å²) in [6.45, 7) is 0.416. The van der Waals surface area contributed by atoms with E-state index in [1.807, 2.05) is 0 Å². The van der Waals surface area contributed by atoms with E-state index in [1.54, 1.807) is 12.1 Å². The summed E-state index contributed by atoms with van der Waals surface area (Å²) in [5, 5.41) is 16.7. The maximum absolute atomic E-state index is 13.1. The van der Waals surface area contributed by atoms with Crippen LogP contribution >= 0.6 is 0 Å². The minimum Gasteiger partial charge on any atom is -0.481 e. The van der Waals surface area contributed by atoms with E-state index >= 15 is 0 Å². The lowest BCUT2D eigenvalue weighted by Crippen LogP contribution is -2.14. The highest BCUT2D eigenvalue weighted by Crippen LogP contribution is 2.37. The Morgan fingerprint density at radius 3 is 2.19 bits per heavy atom. The van der Waals surface area contributed by atoms with Gasteiger partial charge in [0.05, 0.1) is 23.4 Å². The topological polar surface area (TPSA) is 79.1 Å². The zero-order valence-corrected chi connectivity index (χ0v) is 18.9. The van der Waals surface area contributed by atoms with Gasteiger partial charge in [0.1, 0.15) is 0 Å². The maximum Gasteiger partial charge on any atom is 0.416 e. The van der Waals surface area contributed by atoms with Gasteiger partial charge in [-0.15, -0.1) is 0 Å². The second-order valence-electron chi connectivity index (χ2n) is 8.35. The molecule has 36 heavy (non-hydrogen) atoms. The molecule has 0 heterocycles. The number of carboxylic acid groups (broad SMARTS) is 1. The molecule has 1 aliphatic carbocycles. The molecule has 0 radical (unpaired) electrons. The fourth-order valence-corrected chi connectivity index (χ4v) is 3.79. The Balaban J connectivity index is 1.75. The second kappa shape index (κ2) is 11.0. The first-order chi connectivity index (χ1) is 16.8. The Bertz CT molecular complexity index is 1170. The molecule has 2 aromatic carbocycles. The molecule has 0 saturated carbocycles. The largest absolute Gasteiger partial charge is 0.481 e. The van der Waals surface area contributed by atoms with Crippen molar-refractivity contribution in [3.05, 3.63) is 69.8 Å². The van der Waals surface area contributed by atoms with Crippen LogP contribution < -0.4 is 0 Å². The molecule has 3 rings (SSSR count). The fraction of sp³-hybridized carbons (Fsp3) is 0.360. The minimum atomic E-state index is -4.97. The number of carbonyl (C=O) groups is 2. The predicted molar refractivity (Wildman–Crippen MR) is 119 cm³/mol. The quantitative estimate of drug-likeness (QED) is 0.171. The van der Waals surface area contributed by atoms with Crippen LogP contribution in [0.25, 0.3) is 6.08 Å². The monoisotopic (exact) mass is 512 g/mol. The molecule has 0 unspecified atom stereocenters. The fourth-order valence-electron chi connectivity index (χ4n) is 3.79. The highest BCUT2D eigenvalue weighted by Gasteiger charge is 2.37. The summed E-state index contributed by atoms with van der Waals surface area (Å²) in [7, 11) is 0. The number of ketones is 1. The van der Waals surface area contributed by atoms with Gasteiger partial charge in [-0.1, -0.05) is 6.42 Å². The molecule has 192 valence electrons. The summed E-state index contributed by atoms with van der Waals surface area (Å²) in [6, 6.07) is 5.97. The Morgan fingerprint density at radius 2 is 1.58 bits per heavy atom.